The van der Waals surface area contributed by atoms with Crippen LogP contribution in [-0.2, 0) is 6.54 Å². The molecule has 0 unspecified atom stereocenters. The monoisotopic (exact) mass is 379 g/mol. The SMILES string of the molecule is O=c1c2sccc2n(Cc2ccc([N+](=O)[O-])cc2)c(=O)n1-c1ccccc1. The van der Waals surface area contributed by atoms with E-state index in [1.807, 2.05) is 6.07 Å². The Bertz CT molecular complexity index is 1250. The predicted molar refractivity (Wildman–Crippen MR) is 104 cm³/mol. The zero-order chi connectivity index (χ0) is 19.0. The van der Waals surface area contributed by atoms with Crippen molar-refractivity contribution < 1.29 is 4.92 Å². The lowest BCUT2D eigenvalue weighted by atomic mass is 10.2. The van der Waals surface area contributed by atoms with E-state index in [0.717, 1.165) is 10.1 Å². The first-order valence-corrected chi connectivity index (χ1v) is 8.96. The first-order valence-electron chi connectivity index (χ1n) is 8.08. The average Bonchev–Trinajstić information content (AvgIpc) is 3.16. The smallest absolute Gasteiger partial charge is 0.288 e. The van der Waals surface area contributed by atoms with E-state index in [4.69, 9.17) is 0 Å². The quantitative estimate of drug-likeness (QED) is 0.402. The lowest BCUT2D eigenvalue weighted by molar-refractivity contribution is -0.384. The molecular formula is C19H13N3O4S. The molecule has 0 atom stereocenters. The van der Waals surface area contributed by atoms with E-state index in [1.54, 1.807) is 47.8 Å². The van der Waals surface area contributed by atoms with Crippen molar-refractivity contribution in [2.75, 3.05) is 0 Å². The summed E-state index contributed by atoms with van der Waals surface area (Å²) in [7, 11) is 0. The Morgan fingerprint density at radius 2 is 1.67 bits per heavy atom. The second-order valence-electron chi connectivity index (χ2n) is 5.90. The van der Waals surface area contributed by atoms with Crippen LogP contribution in [0, 0.1) is 10.1 Å². The topological polar surface area (TPSA) is 87.1 Å². The minimum Gasteiger partial charge on any atom is -0.288 e. The zero-order valence-corrected chi connectivity index (χ0v) is 14.8. The number of aromatic nitrogens is 2. The number of non-ortho nitro benzene ring substituents is 1. The Morgan fingerprint density at radius 3 is 2.33 bits per heavy atom. The Kier molecular flexibility index (Phi) is 4.17. The number of fused-ring (bicyclic) bond motifs is 1. The summed E-state index contributed by atoms with van der Waals surface area (Å²) < 4.78 is 3.16. The van der Waals surface area contributed by atoms with Crippen LogP contribution in [0.15, 0.2) is 75.6 Å². The zero-order valence-electron chi connectivity index (χ0n) is 13.9. The number of hydrogen-bond donors (Lipinski definition) is 0. The van der Waals surface area contributed by atoms with Crippen molar-refractivity contribution in [1.29, 1.82) is 0 Å². The van der Waals surface area contributed by atoms with Crippen LogP contribution in [-0.4, -0.2) is 14.1 Å². The van der Waals surface area contributed by atoms with Crippen LogP contribution < -0.4 is 11.2 Å². The summed E-state index contributed by atoms with van der Waals surface area (Å²) in [5.41, 5.74) is 0.974. The first kappa shape index (κ1) is 16.9. The summed E-state index contributed by atoms with van der Waals surface area (Å²) in [6, 6.07) is 16.5. The van der Waals surface area contributed by atoms with Crippen molar-refractivity contribution in [3.63, 3.8) is 0 Å². The van der Waals surface area contributed by atoms with Gasteiger partial charge in [0.25, 0.3) is 11.2 Å². The van der Waals surface area contributed by atoms with Gasteiger partial charge in [-0.05, 0) is 29.1 Å². The largest absolute Gasteiger partial charge is 0.336 e. The van der Waals surface area contributed by atoms with Crippen LogP contribution >= 0.6 is 11.3 Å². The van der Waals surface area contributed by atoms with E-state index in [2.05, 4.69) is 0 Å². The highest BCUT2D eigenvalue weighted by Crippen LogP contribution is 2.18. The summed E-state index contributed by atoms with van der Waals surface area (Å²) in [5, 5.41) is 12.6. The van der Waals surface area contributed by atoms with Crippen molar-refractivity contribution in [3.05, 3.63) is 103 Å². The molecule has 27 heavy (non-hydrogen) atoms. The summed E-state index contributed by atoms with van der Waals surface area (Å²) in [6.07, 6.45) is 0. The molecule has 0 saturated heterocycles. The second kappa shape index (κ2) is 6.65. The van der Waals surface area contributed by atoms with Gasteiger partial charge in [0.1, 0.15) is 4.70 Å². The Morgan fingerprint density at radius 1 is 0.963 bits per heavy atom. The van der Waals surface area contributed by atoms with Gasteiger partial charge in [-0.1, -0.05) is 30.3 Å². The van der Waals surface area contributed by atoms with Crippen molar-refractivity contribution >= 4 is 27.2 Å². The lowest BCUT2D eigenvalue weighted by Gasteiger charge is -2.12. The van der Waals surface area contributed by atoms with Crippen molar-refractivity contribution in [2.24, 2.45) is 0 Å². The molecule has 4 rings (SSSR count). The molecule has 0 aliphatic carbocycles. The van der Waals surface area contributed by atoms with E-state index in [9.17, 15) is 19.7 Å². The molecule has 0 amide bonds. The molecule has 0 spiro atoms. The third kappa shape index (κ3) is 2.96. The van der Waals surface area contributed by atoms with Crippen LogP contribution in [0.25, 0.3) is 15.9 Å². The van der Waals surface area contributed by atoms with Crippen LogP contribution in [0.5, 0.6) is 0 Å². The van der Waals surface area contributed by atoms with E-state index >= 15 is 0 Å². The molecule has 134 valence electrons. The average molecular weight is 379 g/mol. The van der Waals surface area contributed by atoms with Crippen LogP contribution in [0.1, 0.15) is 5.56 Å². The van der Waals surface area contributed by atoms with E-state index < -0.39 is 10.6 Å². The third-order valence-corrected chi connectivity index (χ3v) is 5.15. The normalized spacial score (nSPS) is 11.0. The van der Waals surface area contributed by atoms with E-state index in [1.165, 1.54) is 28.0 Å². The van der Waals surface area contributed by atoms with Gasteiger partial charge in [0.05, 0.1) is 22.7 Å². The van der Waals surface area contributed by atoms with Gasteiger partial charge >= 0.3 is 5.69 Å². The maximum Gasteiger partial charge on any atom is 0.336 e. The van der Waals surface area contributed by atoms with Gasteiger partial charge in [-0.2, -0.15) is 0 Å². The highest BCUT2D eigenvalue weighted by atomic mass is 32.1. The fourth-order valence-electron chi connectivity index (χ4n) is 2.95. The molecule has 0 radical (unpaired) electrons. The van der Waals surface area contributed by atoms with Crippen molar-refractivity contribution in [3.8, 4) is 5.69 Å². The molecule has 0 fully saturated rings. The molecule has 2 aromatic heterocycles. The number of rotatable bonds is 4. The number of nitrogens with zero attached hydrogens (tertiary/aromatic N) is 3. The van der Waals surface area contributed by atoms with Gasteiger partial charge in [-0.15, -0.1) is 11.3 Å². The highest BCUT2D eigenvalue weighted by Gasteiger charge is 2.16. The number of hydrogen-bond acceptors (Lipinski definition) is 5. The molecule has 0 bridgehead atoms. The lowest BCUT2D eigenvalue weighted by Crippen LogP contribution is -2.38. The molecule has 0 saturated carbocycles. The number of nitro benzene ring substituents is 1. The van der Waals surface area contributed by atoms with Gasteiger partial charge in [-0.25, -0.2) is 9.36 Å². The third-order valence-electron chi connectivity index (χ3n) is 4.26. The number of benzene rings is 2. The fraction of sp³-hybridized carbons (Fsp3) is 0.0526. The molecule has 7 nitrogen and oxygen atoms in total. The summed E-state index contributed by atoms with van der Waals surface area (Å²) >= 11 is 1.28. The van der Waals surface area contributed by atoms with Crippen molar-refractivity contribution in [1.82, 2.24) is 9.13 Å². The number of thiophene rings is 1. The van der Waals surface area contributed by atoms with E-state index in [-0.39, 0.29) is 17.8 Å². The molecule has 4 aromatic rings. The Labute approximate surface area is 156 Å². The summed E-state index contributed by atoms with van der Waals surface area (Å²) in [5.74, 6) is 0. The van der Waals surface area contributed by atoms with Gasteiger partial charge in [0, 0.05) is 12.1 Å². The van der Waals surface area contributed by atoms with Gasteiger partial charge < -0.3 is 0 Å². The minimum absolute atomic E-state index is 0.0129. The molecule has 0 aliphatic rings. The van der Waals surface area contributed by atoms with E-state index in [0.29, 0.717) is 15.9 Å². The number of nitro groups is 1. The maximum atomic E-state index is 13.1. The molecule has 0 aliphatic heterocycles. The van der Waals surface area contributed by atoms with Gasteiger partial charge in [0.2, 0.25) is 0 Å². The number of para-hydroxylation sites is 1. The Balaban J connectivity index is 1.90. The highest BCUT2D eigenvalue weighted by molar-refractivity contribution is 7.17. The summed E-state index contributed by atoms with van der Waals surface area (Å²) in [6.45, 7) is 0.206. The predicted octanol–water partition coefficient (Wildman–Crippen LogP) is 3.17. The standard InChI is InChI=1S/C19H13N3O4S/c23-18-17-16(10-11-27-17)20(12-13-6-8-15(9-7-13)22(25)26)19(24)21(18)14-4-2-1-3-5-14/h1-11H,12H2. The maximum absolute atomic E-state index is 13.1. The first-order chi connectivity index (χ1) is 13.1. The van der Waals surface area contributed by atoms with Crippen LogP contribution in [0.4, 0.5) is 5.69 Å². The minimum atomic E-state index is -0.470. The van der Waals surface area contributed by atoms with Crippen LogP contribution in [0.2, 0.25) is 0 Å². The molecule has 8 heteroatoms. The molecule has 2 heterocycles. The fourth-order valence-corrected chi connectivity index (χ4v) is 3.77. The molecule has 2 aromatic carbocycles. The molecule has 0 N–H and O–H groups in total. The Hall–Kier alpha value is -3.52. The summed E-state index contributed by atoms with van der Waals surface area (Å²) in [4.78, 5) is 36.3. The molecular weight excluding hydrogens is 366 g/mol. The second-order valence-corrected chi connectivity index (χ2v) is 6.82. The van der Waals surface area contributed by atoms with Gasteiger partial charge in [0.15, 0.2) is 0 Å². The van der Waals surface area contributed by atoms with Crippen molar-refractivity contribution in [2.45, 2.75) is 6.54 Å². The van der Waals surface area contributed by atoms with Crippen LogP contribution in [0.3, 0.4) is 0 Å². The van der Waals surface area contributed by atoms with Gasteiger partial charge in [-0.3, -0.25) is 19.5 Å².